The SMILES string of the molecule is CCCOCCCNC1CC(NC(=O)OC(C)(C)C)C1. The molecule has 0 heterocycles. The fraction of sp³-hybridized carbons (Fsp3) is 0.933. The van der Waals surface area contributed by atoms with Crippen molar-refractivity contribution in [3.05, 3.63) is 0 Å². The predicted molar refractivity (Wildman–Crippen MR) is 79.9 cm³/mol. The van der Waals surface area contributed by atoms with Crippen molar-refractivity contribution >= 4 is 6.09 Å². The van der Waals surface area contributed by atoms with Crippen LogP contribution in [0.5, 0.6) is 0 Å². The summed E-state index contributed by atoms with van der Waals surface area (Å²) in [5.41, 5.74) is -0.427. The summed E-state index contributed by atoms with van der Waals surface area (Å²) in [5.74, 6) is 0. The molecule has 0 aromatic heterocycles. The van der Waals surface area contributed by atoms with Crippen molar-refractivity contribution in [2.75, 3.05) is 19.8 Å². The van der Waals surface area contributed by atoms with Gasteiger partial charge >= 0.3 is 6.09 Å². The summed E-state index contributed by atoms with van der Waals surface area (Å²) in [6, 6.07) is 0.764. The van der Waals surface area contributed by atoms with Crippen molar-refractivity contribution in [2.45, 2.75) is 71.1 Å². The Hall–Kier alpha value is -0.810. The topological polar surface area (TPSA) is 59.6 Å². The van der Waals surface area contributed by atoms with Crippen LogP contribution in [0.2, 0.25) is 0 Å². The lowest BCUT2D eigenvalue weighted by molar-refractivity contribution is 0.0465. The monoisotopic (exact) mass is 286 g/mol. The number of hydrogen-bond acceptors (Lipinski definition) is 4. The van der Waals surface area contributed by atoms with E-state index >= 15 is 0 Å². The molecule has 0 unspecified atom stereocenters. The average Bonchev–Trinajstić information content (AvgIpc) is 2.27. The fourth-order valence-corrected chi connectivity index (χ4v) is 2.10. The molecule has 1 aliphatic carbocycles. The Morgan fingerprint density at radius 3 is 2.50 bits per heavy atom. The van der Waals surface area contributed by atoms with Gasteiger partial charge in [-0.25, -0.2) is 4.79 Å². The highest BCUT2D eigenvalue weighted by Crippen LogP contribution is 2.20. The maximum atomic E-state index is 11.6. The zero-order chi connectivity index (χ0) is 15.0. The van der Waals surface area contributed by atoms with Crippen LogP contribution in [-0.2, 0) is 9.47 Å². The molecular weight excluding hydrogens is 256 g/mol. The minimum Gasteiger partial charge on any atom is -0.444 e. The maximum Gasteiger partial charge on any atom is 0.407 e. The van der Waals surface area contributed by atoms with Crippen molar-refractivity contribution in [1.29, 1.82) is 0 Å². The van der Waals surface area contributed by atoms with E-state index in [2.05, 4.69) is 17.6 Å². The van der Waals surface area contributed by atoms with Gasteiger partial charge in [-0.05, 0) is 53.0 Å². The van der Waals surface area contributed by atoms with Crippen molar-refractivity contribution in [3.8, 4) is 0 Å². The first-order valence-corrected chi connectivity index (χ1v) is 7.71. The molecule has 1 saturated carbocycles. The van der Waals surface area contributed by atoms with E-state index < -0.39 is 5.60 Å². The van der Waals surface area contributed by atoms with Gasteiger partial charge in [0.15, 0.2) is 0 Å². The maximum absolute atomic E-state index is 11.6. The van der Waals surface area contributed by atoms with Gasteiger partial charge in [-0.15, -0.1) is 0 Å². The van der Waals surface area contributed by atoms with Crippen molar-refractivity contribution in [3.63, 3.8) is 0 Å². The van der Waals surface area contributed by atoms with Gasteiger partial charge in [0, 0.05) is 25.3 Å². The van der Waals surface area contributed by atoms with Crippen LogP contribution >= 0.6 is 0 Å². The van der Waals surface area contributed by atoms with E-state index in [1.165, 1.54) is 0 Å². The standard InChI is InChI=1S/C15H30N2O3/c1-5-8-19-9-6-7-16-12-10-13(11-12)17-14(18)20-15(2,3)4/h12-13,16H,5-11H2,1-4H3,(H,17,18). The van der Waals surface area contributed by atoms with E-state index in [0.717, 1.165) is 45.4 Å². The van der Waals surface area contributed by atoms with Gasteiger partial charge in [-0.1, -0.05) is 6.92 Å². The third-order valence-corrected chi connectivity index (χ3v) is 3.11. The highest BCUT2D eigenvalue weighted by atomic mass is 16.6. The Bertz CT molecular complexity index is 283. The quantitative estimate of drug-likeness (QED) is 0.673. The molecule has 118 valence electrons. The van der Waals surface area contributed by atoms with E-state index in [-0.39, 0.29) is 12.1 Å². The second-order valence-corrected chi connectivity index (χ2v) is 6.43. The number of alkyl carbamates (subject to hydrolysis) is 1. The number of amides is 1. The number of rotatable bonds is 8. The highest BCUT2D eigenvalue weighted by molar-refractivity contribution is 5.68. The number of nitrogens with one attached hydrogen (secondary N) is 2. The number of hydrogen-bond donors (Lipinski definition) is 2. The molecule has 5 heteroatoms. The molecule has 0 aromatic carbocycles. The van der Waals surface area contributed by atoms with Crippen LogP contribution in [0.15, 0.2) is 0 Å². The average molecular weight is 286 g/mol. The smallest absolute Gasteiger partial charge is 0.407 e. The Morgan fingerprint density at radius 1 is 1.20 bits per heavy atom. The summed E-state index contributed by atoms with van der Waals surface area (Å²) < 4.78 is 10.7. The minimum absolute atomic E-state index is 0.249. The lowest BCUT2D eigenvalue weighted by Crippen LogP contribution is -2.53. The van der Waals surface area contributed by atoms with Gasteiger partial charge < -0.3 is 20.1 Å². The van der Waals surface area contributed by atoms with E-state index in [0.29, 0.717) is 6.04 Å². The fourth-order valence-electron chi connectivity index (χ4n) is 2.10. The molecule has 1 rings (SSSR count). The van der Waals surface area contributed by atoms with Crippen LogP contribution in [0.4, 0.5) is 4.79 Å². The molecule has 20 heavy (non-hydrogen) atoms. The Labute approximate surface area is 122 Å². The summed E-state index contributed by atoms with van der Waals surface area (Å²) in [5, 5.41) is 6.37. The Morgan fingerprint density at radius 2 is 1.90 bits per heavy atom. The minimum atomic E-state index is -0.427. The van der Waals surface area contributed by atoms with Gasteiger partial charge in [-0.2, -0.15) is 0 Å². The summed E-state index contributed by atoms with van der Waals surface area (Å²) in [6.45, 7) is 10.4. The van der Waals surface area contributed by atoms with E-state index in [1.54, 1.807) is 0 Å². The molecule has 5 nitrogen and oxygen atoms in total. The molecule has 0 aromatic rings. The summed E-state index contributed by atoms with van der Waals surface area (Å²) in [6.07, 6.45) is 3.77. The lowest BCUT2D eigenvalue weighted by Gasteiger charge is -2.36. The molecule has 0 radical (unpaired) electrons. The molecule has 1 amide bonds. The zero-order valence-corrected chi connectivity index (χ0v) is 13.3. The first-order valence-electron chi connectivity index (χ1n) is 7.71. The van der Waals surface area contributed by atoms with Crippen molar-refractivity contribution < 1.29 is 14.3 Å². The largest absolute Gasteiger partial charge is 0.444 e. The van der Waals surface area contributed by atoms with Gasteiger partial charge in [0.1, 0.15) is 5.60 Å². The van der Waals surface area contributed by atoms with Gasteiger partial charge in [0.05, 0.1) is 0 Å². The summed E-state index contributed by atoms with van der Waals surface area (Å²) in [7, 11) is 0. The Kier molecular flexibility index (Phi) is 7.30. The summed E-state index contributed by atoms with van der Waals surface area (Å²) in [4.78, 5) is 11.6. The third kappa shape index (κ3) is 7.70. The predicted octanol–water partition coefficient (Wildman–Crippen LogP) is 2.45. The molecule has 2 N–H and O–H groups in total. The van der Waals surface area contributed by atoms with Crippen LogP contribution in [0.25, 0.3) is 0 Å². The van der Waals surface area contributed by atoms with Crippen LogP contribution in [0.1, 0.15) is 53.4 Å². The zero-order valence-electron chi connectivity index (χ0n) is 13.3. The molecule has 0 spiro atoms. The molecule has 1 fully saturated rings. The normalized spacial score (nSPS) is 22.2. The van der Waals surface area contributed by atoms with Crippen molar-refractivity contribution in [1.82, 2.24) is 10.6 Å². The van der Waals surface area contributed by atoms with E-state index in [1.807, 2.05) is 20.8 Å². The van der Waals surface area contributed by atoms with Gasteiger partial charge in [0.2, 0.25) is 0 Å². The number of ether oxygens (including phenoxy) is 2. The molecule has 1 aliphatic rings. The molecular formula is C15H30N2O3. The van der Waals surface area contributed by atoms with E-state index in [9.17, 15) is 4.79 Å². The summed E-state index contributed by atoms with van der Waals surface area (Å²) >= 11 is 0. The molecule has 0 saturated heterocycles. The second-order valence-electron chi connectivity index (χ2n) is 6.43. The second kappa shape index (κ2) is 8.47. The van der Waals surface area contributed by atoms with Gasteiger partial charge in [-0.3, -0.25) is 0 Å². The Balaban J connectivity index is 1.96. The molecule has 0 atom stereocenters. The van der Waals surface area contributed by atoms with Crippen LogP contribution in [0.3, 0.4) is 0 Å². The van der Waals surface area contributed by atoms with Crippen LogP contribution < -0.4 is 10.6 Å². The van der Waals surface area contributed by atoms with Crippen molar-refractivity contribution in [2.24, 2.45) is 0 Å². The lowest BCUT2D eigenvalue weighted by atomic mass is 9.87. The first-order chi connectivity index (χ1) is 9.40. The third-order valence-electron chi connectivity index (χ3n) is 3.11. The molecule has 0 aliphatic heterocycles. The van der Waals surface area contributed by atoms with Crippen LogP contribution in [0, 0.1) is 0 Å². The molecule has 0 bridgehead atoms. The van der Waals surface area contributed by atoms with Gasteiger partial charge in [0.25, 0.3) is 0 Å². The first kappa shape index (κ1) is 17.2. The number of carbonyl (C=O) groups excluding carboxylic acids is 1. The number of carbonyl (C=O) groups is 1. The highest BCUT2D eigenvalue weighted by Gasteiger charge is 2.30. The van der Waals surface area contributed by atoms with E-state index in [4.69, 9.17) is 9.47 Å². The van der Waals surface area contributed by atoms with Crippen LogP contribution in [-0.4, -0.2) is 43.5 Å².